The van der Waals surface area contributed by atoms with Gasteiger partial charge in [0.15, 0.2) is 0 Å². The number of halogens is 1. The van der Waals surface area contributed by atoms with Gasteiger partial charge in [-0.05, 0) is 18.2 Å². The Morgan fingerprint density at radius 3 is 3.00 bits per heavy atom. The van der Waals surface area contributed by atoms with Gasteiger partial charge in [-0.2, -0.15) is 0 Å². The molecule has 18 heavy (non-hydrogen) atoms. The van der Waals surface area contributed by atoms with E-state index >= 15 is 0 Å². The lowest BCUT2D eigenvalue weighted by atomic mass is 10.2. The third kappa shape index (κ3) is 2.62. The van der Waals surface area contributed by atoms with Gasteiger partial charge in [-0.25, -0.2) is 4.98 Å². The predicted molar refractivity (Wildman–Crippen MR) is 67.5 cm³/mol. The number of rotatable bonds is 3. The Kier molecular flexibility index (Phi) is 3.53. The van der Waals surface area contributed by atoms with E-state index in [4.69, 9.17) is 11.6 Å². The third-order valence-electron chi connectivity index (χ3n) is 2.47. The summed E-state index contributed by atoms with van der Waals surface area (Å²) in [4.78, 5) is 20.6. The fourth-order valence-corrected chi connectivity index (χ4v) is 1.76. The molecule has 0 aliphatic carbocycles. The monoisotopic (exact) mass is 265 g/mol. The Morgan fingerprint density at radius 2 is 2.33 bits per heavy atom. The van der Waals surface area contributed by atoms with Gasteiger partial charge in [0.25, 0.3) is 5.91 Å². The number of aromatic hydroxyl groups is 1. The molecule has 0 atom stereocenters. The summed E-state index contributed by atoms with van der Waals surface area (Å²) in [6.45, 7) is 0.345. The van der Waals surface area contributed by atoms with Gasteiger partial charge in [0.2, 0.25) is 0 Å². The first-order valence-electron chi connectivity index (χ1n) is 5.30. The van der Waals surface area contributed by atoms with Gasteiger partial charge in [-0.3, -0.25) is 4.79 Å². The number of carbonyl (C=O) groups excluding carboxylic acids is 1. The molecule has 2 N–H and O–H groups in total. The van der Waals surface area contributed by atoms with Crippen LogP contribution in [0.15, 0.2) is 30.6 Å². The van der Waals surface area contributed by atoms with Crippen LogP contribution < -0.4 is 0 Å². The molecule has 6 heteroatoms. The summed E-state index contributed by atoms with van der Waals surface area (Å²) in [6.07, 6.45) is 3.31. The van der Waals surface area contributed by atoms with Crippen LogP contribution in [0.4, 0.5) is 0 Å². The van der Waals surface area contributed by atoms with Crippen LogP contribution in [0, 0.1) is 0 Å². The minimum atomic E-state index is -0.271. The van der Waals surface area contributed by atoms with Crippen molar-refractivity contribution in [2.45, 2.75) is 6.54 Å². The number of imidazole rings is 1. The van der Waals surface area contributed by atoms with E-state index in [1.165, 1.54) is 23.1 Å². The third-order valence-corrected chi connectivity index (χ3v) is 2.80. The van der Waals surface area contributed by atoms with Crippen molar-refractivity contribution < 1.29 is 9.90 Å². The first-order chi connectivity index (χ1) is 8.58. The zero-order valence-electron chi connectivity index (χ0n) is 9.72. The quantitative estimate of drug-likeness (QED) is 0.892. The highest BCUT2D eigenvalue weighted by Gasteiger charge is 2.16. The molecule has 0 aliphatic rings. The highest BCUT2D eigenvalue weighted by atomic mass is 35.5. The Morgan fingerprint density at radius 1 is 1.56 bits per heavy atom. The molecule has 0 bridgehead atoms. The van der Waals surface area contributed by atoms with Crippen molar-refractivity contribution >= 4 is 17.5 Å². The molecule has 0 fully saturated rings. The van der Waals surface area contributed by atoms with Gasteiger partial charge in [0, 0.05) is 19.4 Å². The number of benzene rings is 1. The number of H-pyrrole nitrogens is 1. The van der Waals surface area contributed by atoms with E-state index in [0.717, 1.165) is 0 Å². The molecular formula is C12H12ClN3O2. The topological polar surface area (TPSA) is 69.2 Å². The summed E-state index contributed by atoms with van der Waals surface area (Å²) in [7, 11) is 1.64. The van der Waals surface area contributed by atoms with E-state index in [1.807, 2.05) is 0 Å². The summed E-state index contributed by atoms with van der Waals surface area (Å²) in [6, 6.07) is 4.28. The largest absolute Gasteiger partial charge is 0.508 e. The van der Waals surface area contributed by atoms with Crippen molar-refractivity contribution in [2.75, 3.05) is 7.05 Å². The number of hydrogen-bond donors (Lipinski definition) is 2. The normalized spacial score (nSPS) is 10.3. The maximum absolute atomic E-state index is 12.1. The molecule has 94 valence electrons. The number of hydrogen-bond acceptors (Lipinski definition) is 3. The maximum atomic E-state index is 12.1. The van der Waals surface area contributed by atoms with Crippen LogP contribution in [0.3, 0.4) is 0 Å². The number of nitrogens with zero attached hydrogens (tertiary/aromatic N) is 2. The maximum Gasteiger partial charge on any atom is 0.255 e. The fourth-order valence-electron chi connectivity index (χ4n) is 1.56. The summed E-state index contributed by atoms with van der Waals surface area (Å²) < 4.78 is 0. The number of phenols is 1. The van der Waals surface area contributed by atoms with Crippen molar-refractivity contribution in [2.24, 2.45) is 0 Å². The van der Waals surface area contributed by atoms with Gasteiger partial charge in [-0.1, -0.05) is 11.6 Å². The van der Waals surface area contributed by atoms with Crippen molar-refractivity contribution in [3.05, 3.63) is 47.0 Å². The average molecular weight is 266 g/mol. The van der Waals surface area contributed by atoms with E-state index in [1.54, 1.807) is 19.4 Å². The number of phenolic OH excluding ortho intramolecular Hbond substituents is 1. The lowest BCUT2D eigenvalue weighted by Gasteiger charge is -2.16. The molecule has 2 rings (SSSR count). The fraction of sp³-hybridized carbons (Fsp3) is 0.167. The minimum absolute atomic E-state index is 0.00847. The highest BCUT2D eigenvalue weighted by molar-refractivity contribution is 6.33. The molecular weight excluding hydrogens is 254 g/mol. The molecule has 1 aromatic carbocycles. The van der Waals surface area contributed by atoms with Crippen LogP contribution >= 0.6 is 11.6 Å². The average Bonchev–Trinajstić information content (AvgIpc) is 2.84. The van der Waals surface area contributed by atoms with Crippen LogP contribution in [-0.4, -0.2) is 32.9 Å². The SMILES string of the molecule is CN(Cc1ncc[nH]1)C(=O)c1cc(O)ccc1Cl. The van der Waals surface area contributed by atoms with Crippen molar-refractivity contribution in [1.29, 1.82) is 0 Å². The minimum Gasteiger partial charge on any atom is -0.508 e. The second kappa shape index (κ2) is 5.10. The number of carbonyl (C=O) groups is 1. The summed E-state index contributed by atoms with van der Waals surface area (Å²) in [5, 5.41) is 9.69. The van der Waals surface area contributed by atoms with Gasteiger partial charge in [0.1, 0.15) is 11.6 Å². The second-order valence-electron chi connectivity index (χ2n) is 3.86. The molecule has 0 saturated heterocycles. The Bertz CT molecular complexity index is 554. The lowest BCUT2D eigenvalue weighted by molar-refractivity contribution is 0.0781. The van der Waals surface area contributed by atoms with Crippen molar-refractivity contribution in [1.82, 2.24) is 14.9 Å². The molecule has 0 saturated carbocycles. The van der Waals surface area contributed by atoms with Gasteiger partial charge >= 0.3 is 0 Å². The van der Waals surface area contributed by atoms with E-state index in [9.17, 15) is 9.90 Å². The zero-order chi connectivity index (χ0) is 13.1. The van der Waals surface area contributed by atoms with Gasteiger partial charge < -0.3 is 15.0 Å². The molecule has 0 aliphatic heterocycles. The first-order valence-corrected chi connectivity index (χ1v) is 5.68. The van der Waals surface area contributed by atoms with Crippen molar-refractivity contribution in [3.8, 4) is 5.75 Å². The Balaban J connectivity index is 2.17. The Labute approximate surface area is 109 Å². The van der Waals surface area contributed by atoms with Crippen LogP contribution in [0.25, 0.3) is 0 Å². The van der Waals surface area contributed by atoms with E-state index in [0.29, 0.717) is 17.4 Å². The molecule has 2 aromatic rings. The van der Waals surface area contributed by atoms with Crippen LogP contribution in [-0.2, 0) is 6.54 Å². The van der Waals surface area contributed by atoms with E-state index < -0.39 is 0 Å². The van der Waals surface area contributed by atoms with Crippen molar-refractivity contribution in [3.63, 3.8) is 0 Å². The summed E-state index contributed by atoms with van der Waals surface area (Å²) >= 11 is 5.93. The van der Waals surface area contributed by atoms with Crippen LogP contribution in [0.1, 0.15) is 16.2 Å². The lowest BCUT2D eigenvalue weighted by Crippen LogP contribution is -2.26. The standard InChI is InChI=1S/C12H12ClN3O2/c1-16(7-11-14-4-5-15-11)12(18)9-6-8(17)2-3-10(9)13/h2-6,17H,7H2,1H3,(H,14,15). The predicted octanol–water partition coefficient (Wildman–Crippen LogP) is 2.04. The van der Waals surface area contributed by atoms with Gasteiger partial charge in [0.05, 0.1) is 17.1 Å². The molecule has 0 spiro atoms. The van der Waals surface area contributed by atoms with Crippen LogP contribution in [0.5, 0.6) is 5.75 Å². The highest BCUT2D eigenvalue weighted by Crippen LogP contribution is 2.22. The summed E-state index contributed by atoms with van der Waals surface area (Å²) in [5.74, 6) is 0.420. The molecule has 1 heterocycles. The smallest absolute Gasteiger partial charge is 0.255 e. The molecule has 1 amide bonds. The second-order valence-corrected chi connectivity index (χ2v) is 4.27. The first kappa shape index (κ1) is 12.4. The molecule has 1 aromatic heterocycles. The van der Waals surface area contributed by atoms with E-state index in [2.05, 4.69) is 9.97 Å². The number of amides is 1. The van der Waals surface area contributed by atoms with Crippen LogP contribution in [0.2, 0.25) is 5.02 Å². The molecule has 5 nitrogen and oxygen atoms in total. The van der Waals surface area contributed by atoms with Gasteiger partial charge in [-0.15, -0.1) is 0 Å². The number of nitrogens with one attached hydrogen (secondary N) is 1. The summed E-state index contributed by atoms with van der Waals surface area (Å²) in [5.41, 5.74) is 0.269. The number of aromatic amines is 1. The molecule has 0 unspecified atom stereocenters. The Hall–Kier alpha value is -2.01. The van der Waals surface area contributed by atoms with E-state index in [-0.39, 0.29) is 17.2 Å². The number of aromatic nitrogens is 2. The molecule has 0 radical (unpaired) electrons. The zero-order valence-corrected chi connectivity index (χ0v) is 10.5.